The number of nitrogen functional groups attached to an aromatic ring is 1. The van der Waals surface area contributed by atoms with Crippen LogP contribution >= 0.6 is 0 Å². The Morgan fingerprint density at radius 2 is 2.27 bits per heavy atom. The highest BCUT2D eigenvalue weighted by atomic mass is 16.5. The van der Waals surface area contributed by atoms with Crippen LogP contribution in [0.2, 0.25) is 0 Å². The molecule has 1 aromatic carbocycles. The summed E-state index contributed by atoms with van der Waals surface area (Å²) in [5, 5.41) is 4.90. The molecule has 0 bridgehead atoms. The number of esters is 1. The van der Waals surface area contributed by atoms with Crippen LogP contribution < -0.4 is 5.73 Å². The van der Waals surface area contributed by atoms with Gasteiger partial charge in [0.25, 0.3) is 0 Å². The molecule has 0 unspecified atom stereocenters. The second kappa shape index (κ2) is 3.27. The number of carbonyl (C=O) groups is 1. The Labute approximate surface area is 86.4 Å². The third-order valence-electron chi connectivity index (χ3n) is 2.30. The zero-order valence-electron chi connectivity index (χ0n) is 8.52. The van der Waals surface area contributed by atoms with Gasteiger partial charge in [0.1, 0.15) is 0 Å². The van der Waals surface area contributed by atoms with Crippen LogP contribution in [-0.2, 0) is 11.8 Å². The number of hydrogen-bond acceptors (Lipinski definition) is 4. The summed E-state index contributed by atoms with van der Waals surface area (Å²) < 4.78 is 6.27. The zero-order chi connectivity index (χ0) is 11.0. The molecule has 0 amide bonds. The molecule has 0 spiro atoms. The molecule has 0 saturated heterocycles. The van der Waals surface area contributed by atoms with Crippen LogP contribution in [0, 0.1) is 0 Å². The molecule has 0 radical (unpaired) electrons. The number of nitrogens with zero attached hydrogens (tertiary/aromatic N) is 2. The Bertz CT molecular complexity index is 531. The number of benzene rings is 1. The maximum Gasteiger partial charge on any atom is 0.337 e. The van der Waals surface area contributed by atoms with Crippen LogP contribution in [0.15, 0.2) is 18.2 Å². The van der Waals surface area contributed by atoms with Crippen molar-refractivity contribution in [1.29, 1.82) is 0 Å². The standard InChI is InChI=1S/C10H11N3O2/c1-13-8-5-6(10(14)15-2)3-4-7(8)9(11)12-13/h3-5H,1-2H3,(H2,11,12). The molecule has 1 heterocycles. The summed E-state index contributed by atoms with van der Waals surface area (Å²) in [7, 11) is 3.13. The van der Waals surface area contributed by atoms with Crippen LogP contribution in [0.1, 0.15) is 10.4 Å². The molecule has 2 rings (SSSR count). The first-order valence-electron chi connectivity index (χ1n) is 4.44. The number of carbonyl (C=O) groups excluding carboxylic acids is 1. The third-order valence-corrected chi connectivity index (χ3v) is 2.30. The van der Waals surface area contributed by atoms with E-state index in [-0.39, 0.29) is 5.97 Å². The molecule has 78 valence electrons. The Morgan fingerprint density at radius 1 is 1.53 bits per heavy atom. The van der Waals surface area contributed by atoms with E-state index in [1.165, 1.54) is 7.11 Å². The minimum atomic E-state index is -0.364. The van der Waals surface area contributed by atoms with Crippen molar-refractivity contribution in [3.05, 3.63) is 23.8 Å². The second-order valence-electron chi connectivity index (χ2n) is 3.23. The Hall–Kier alpha value is -2.04. The van der Waals surface area contributed by atoms with Crippen molar-refractivity contribution in [2.24, 2.45) is 7.05 Å². The largest absolute Gasteiger partial charge is 0.465 e. The van der Waals surface area contributed by atoms with Gasteiger partial charge in [-0.2, -0.15) is 5.10 Å². The van der Waals surface area contributed by atoms with E-state index >= 15 is 0 Å². The molecule has 0 aliphatic carbocycles. The van der Waals surface area contributed by atoms with Gasteiger partial charge >= 0.3 is 5.97 Å². The Balaban J connectivity index is 2.65. The molecule has 2 aromatic rings. The average molecular weight is 205 g/mol. The number of aryl methyl sites for hydroxylation is 1. The van der Waals surface area contributed by atoms with E-state index in [1.54, 1.807) is 29.9 Å². The van der Waals surface area contributed by atoms with E-state index in [1.807, 2.05) is 0 Å². The number of methoxy groups -OCH3 is 1. The first kappa shape index (κ1) is 9.51. The number of aromatic nitrogens is 2. The quantitative estimate of drug-likeness (QED) is 0.703. The lowest BCUT2D eigenvalue weighted by Gasteiger charge is -1.99. The van der Waals surface area contributed by atoms with E-state index in [0.717, 1.165) is 10.9 Å². The maximum absolute atomic E-state index is 11.3. The molecule has 1 aromatic heterocycles. The van der Waals surface area contributed by atoms with Crippen LogP contribution in [0.3, 0.4) is 0 Å². The van der Waals surface area contributed by atoms with Crippen molar-refractivity contribution < 1.29 is 9.53 Å². The van der Waals surface area contributed by atoms with Crippen molar-refractivity contribution >= 4 is 22.7 Å². The SMILES string of the molecule is COC(=O)c1ccc2c(N)nn(C)c2c1. The summed E-state index contributed by atoms with van der Waals surface area (Å²) in [4.78, 5) is 11.3. The Kier molecular flexibility index (Phi) is 2.07. The van der Waals surface area contributed by atoms with E-state index in [0.29, 0.717) is 11.4 Å². The summed E-state index contributed by atoms with van der Waals surface area (Å²) in [6.45, 7) is 0. The third kappa shape index (κ3) is 1.41. The van der Waals surface area contributed by atoms with Gasteiger partial charge in [0.05, 0.1) is 18.2 Å². The molecule has 0 atom stereocenters. The highest BCUT2D eigenvalue weighted by molar-refractivity contribution is 5.97. The average Bonchev–Trinajstić information content (AvgIpc) is 2.53. The number of ether oxygens (including phenoxy) is 1. The lowest BCUT2D eigenvalue weighted by Crippen LogP contribution is -2.01. The van der Waals surface area contributed by atoms with Crippen molar-refractivity contribution in [1.82, 2.24) is 9.78 Å². The van der Waals surface area contributed by atoms with Gasteiger partial charge in [0, 0.05) is 12.4 Å². The minimum absolute atomic E-state index is 0.364. The molecule has 5 heteroatoms. The number of anilines is 1. The van der Waals surface area contributed by atoms with Gasteiger partial charge in [-0.1, -0.05) is 0 Å². The molecule has 0 fully saturated rings. The van der Waals surface area contributed by atoms with E-state index in [4.69, 9.17) is 5.73 Å². The van der Waals surface area contributed by atoms with Crippen LogP contribution in [0.5, 0.6) is 0 Å². The first-order valence-corrected chi connectivity index (χ1v) is 4.44. The number of hydrogen-bond donors (Lipinski definition) is 1. The summed E-state index contributed by atoms with van der Waals surface area (Å²) in [5.74, 6) is 0.0978. The molecule has 0 aliphatic heterocycles. The topological polar surface area (TPSA) is 70.1 Å². The fourth-order valence-electron chi connectivity index (χ4n) is 1.53. The first-order chi connectivity index (χ1) is 7.13. The van der Waals surface area contributed by atoms with Crippen molar-refractivity contribution in [2.45, 2.75) is 0 Å². The van der Waals surface area contributed by atoms with E-state index < -0.39 is 0 Å². The molecule has 0 saturated carbocycles. The Morgan fingerprint density at radius 3 is 2.93 bits per heavy atom. The van der Waals surface area contributed by atoms with Gasteiger partial charge in [0.2, 0.25) is 0 Å². The summed E-state index contributed by atoms with van der Waals surface area (Å²) in [5.41, 5.74) is 7.00. The van der Waals surface area contributed by atoms with Crippen molar-refractivity contribution in [3.63, 3.8) is 0 Å². The van der Waals surface area contributed by atoms with Gasteiger partial charge in [0.15, 0.2) is 5.82 Å². The molecular formula is C10H11N3O2. The number of fused-ring (bicyclic) bond motifs is 1. The van der Waals surface area contributed by atoms with Crippen LogP contribution in [-0.4, -0.2) is 22.9 Å². The fourth-order valence-corrected chi connectivity index (χ4v) is 1.53. The molecular weight excluding hydrogens is 194 g/mol. The van der Waals surface area contributed by atoms with Gasteiger partial charge in [-0.05, 0) is 18.2 Å². The molecule has 15 heavy (non-hydrogen) atoms. The molecule has 0 aliphatic rings. The van der Waals surface area contributed by atoms with Crippen molar-refractivity contribution in [3.8, 4) is 0 Å². The number of rotatable bonds is 1. The minimum Gasteiger partial charge on any atom is -0.465 e. The van der Waals surface area contributed by atoms with Gasteiger partial charge in [-0.25, -0.2) is 4.79 Å². The second-order valence-corrected chi connectivity index (χ2v) is 3.23. The normalized spacial score (nSPS) is 10.5. The predicted octanol–water partition coefficient (Wildman–Crippen LogP) is 0.942. The fraction of sp³-hybridized carbons (Fsp3) is 0.200. The van der Waals surface area contributed by atoms with Crippen molar-refractivity contribution in [2.75, 3.05) is 12.8 Å². The van der Waals surface area contributed by atoms with Gasteiger partial charge < -0.3 is 10.5 Å². The van der Waals surface area contributed by atoms with Gasteiger partial charge in [-0.3, -0.25) is 4.68 Å². The molecule has 5 nitrogen and oxygen atoms in total. The maximum atomic E-state index is 11.3. The molecule has 2 N–H and O–H groups in total. The number of nitrogens with two attached hydrogens (primary N) is 1. The zero-order valence-corrected chi connectivity index (χ0v) is 8.52. The highest BCUT2D eigenvalue weighted by Gasteiger charge is 2.10. The van der Waals surface area contributed by atoms with E-state index in [9.17, 15) is 4.79 Å². The van der Waals surface area contributed by atoms with E-state index in [2.05, 4.69) is 9.84 Å². The summed E-state index contributed by atoms with van der Waals surface area (Å²) >= 11 is 0. The monoisotopic (exact) mass is 205 g/mol. The lowest BCUT2D eigenvalue weighted by atomic mass is 10.1. The summed E-state index contributed by atoms with van der Waals surface area (Å²) in [6, 6.07) is 5.15. The lowest BCUT2D eigenvalue weighted by molar-refractivity contribution is 0.0601. The summed E-state index contributed by atoms with van der Waals surface area (Å²) in [6.07, 6.45) is 0. The highest BCUT2D eigenvalue weighted by Crippen LogP contribution is 2.21. The predicted molar refractivity (Wildman–Crippen MR) is 56.5 cm³/mol. The van der Waals surface area contributed by atoms with Crippen LogP contribution in [0.25, 0.3) is 10.9 Å². The van der Waals surface area contributed by atoms with Gasteiger partial charge in [-0.15, -0.1) is 0 Å². The van der Waals surface area contributed by atoms with Crippen LogP contribution in [0.4, 0.5) is 5.82 Å². The smallest absolute Gasteiger partial charge is 0.337 e.